The van der Waals surface area contributed by atoms with Gasteiger partial charge in [0, 0.05) is 19.3 Å². The Morgan fingerprint density at radius 1 is 0.974 bits per heavy atom. The van der Waals surface area contributed by atoms with E-state index in [4.69, 9.17) is 14.2 Å². The first-order valence-electron chi connectivity index (χ1n) is 12.2. The molecule has 4 atom stereocenters. The maximum absolute atomic E-state index is 13.3. The van der Waals surface area contributed by atoms with Crippen LogP contribution in [0.1, 0.15) is 11.1 Å². The van der Waals surface area contributed by atoms with Crippen LogP contribution < -0.4 is 10.1 Å². The molecular weight excluding hydrogens is 517 g/mol. The van der Waals surface area contributed by atoms with Gasteiger partial charge in [0.15, 0.2) is 6.29 Å². The van der Waals surface area contributed by atoms with Crippen molar-refractivity contribution < 1.29 is 42.0 Å². The van der Waals surface area contributed by atoms with Crippen LogP contribution in [0.5, 0.6) is 5.75 Å². The Hall–Kier alpha value is -3.64. The molecule has 11 heteroatoms. The van der Waals surface area contributed by atoms with E-state index in [1.807, 2.05) is 36.4 Å². The number of hydrogen-bond acceptors (Lipinski definition) is 6. The number of nitrogens with zero attached hydrogens (tertiary/aromatic N) is 1. The zero-order chi connectivity index (χ0) is 27.8. The first kappa shape index (κ1) is 28.4. The van der Waals surface area contributed by atoms with E-state index in [0.29, 0.717) is 11.3 Å². The summed E-state index contributed by atoms with van der Waals surface area (Å²) in [5.41, 5.74) is 2.00. The molecule has 0 aromatic heterocycles. The van der Waals surface area contributed by atoms with E-state index in [-0.39, 0.29) is 25.4 Å². The molecule has 3 aromatic carbocycles. The van der Waals surface area contributed by atoms with Gasteiger partial charge in [0.2, 0.25) is 0 Å². The fourth-order valence-corrected chi connectivity index (χ4v) is 4.20. The monoisotopic (exact) mass is 546 g/mol. The van der Waals surface area contributed by atoms with Gasteiger partial charge in [-0.3, -0.25) is 0 Å². The van der Waals surface area contributed by atoms with Crippen LogP contribution in [0.3, 0.4) is 0 Å². The third kappa shape index (κ3) is 8.17. The first-order chi connectivity index (χ1) is 18.7. The van der Waals surface area contributed by atoms with Gasteiger partial charge in [-0.2, -0.15) is 0 Å². The van der Waals surface area contributed by atoms with Gasteiger partial charge in [-0.1, -0.05) is 60.7 Å². The molecule has 2 amide bonds. The van der Waals surface area contributed by atoms with Crippen LogP contribution in [0, 0.1) is 0 Å². The summed E-state index contributed by atoms with van der Waals surface area (Å²) in [6.45, 7) is 0.232. The number of ether oxygens (including phenoxy) is 4. The summed E-state index contributed by atoms with van der Waals surface area (Å²) in [5, 5.41) is 13.6. The van der Waals surface area contributed by atoms with Crippen molar-refractivity contribution in [2.24, 2.45) is 0 Å². The molecule has 39 heavy (non-hydrogen) atoms. The average Bonchev–Trinajstić information content (AvgIpc) is 3.22. The standard InChI is InChI=1S/C28H29F3N2O6/c1-36-26-24(34)25(37-18-20-8-4-2-5-9-20)23(38-26)17-33(27(35)32-21-10-6-3-7-11-21)16-19-12-14-22(15-13-19)39-28(29,30)31/h2-15,23-26,34H,16-18H2,1H3,(H,32,35)/t23-,24-,25+,26?/m1/s1. The van der Waals surface area contributed by atoms with Crippen molar-refractivity contribution in [3.05, 3.63) is 96.1 Å². The second kappa shape index (κ2) is 12.9. The van der Waals surface area contributed by atoms with E-state index < -0.39 is 37.0 Å². The van der Waals surface area contributed by atoms with Gasteiger partial charge >= 0.3 is 12.4 Å². The van der Waals surface area contributed by atoms with Gasteiger partial charge in [-0.05, 0) is 35.4 Å². The van der Waals surface area contributed by atoms with Crippen molar-refractivity contribution in [2.45, 2.75) is 44.1 Å². The Bertz CT molecular complexity index is 1180. The number of carbonyl (C=O) groups excluding carboxylic acids is 1. The van der Waals surface area contributed by atoms with Crippen molar-refractivity contribution in [3.63, 3.8) is 0 Å². The number of methoxy groups -OCH3 is 1. The minimum absolute atomic E-state index is 0.00412. The summed E-state index contributed by atoms with van der Waals surface area (Å²) in [6.07, 6.45) is -8.46. The average molecular weight is 547 g/mol. The molecule has 1 unspecified atom stereocenters. The van der Waals surface area contributed by atoms with Crippen LogP contribution >= 0.6 is 0 Å². The number of anilines is 1. The zero-order valence-corrected chi connectivity index (χ0v) is 21.1. The van der Waals surface area contributed by atoms with E-state index in [1.54, 1.807) is 24.3 Å². The molecule has 4 rings (SSSR count). The smallest absolute Gasteiger partial charge is 0.406 e. The van der Waals surface area contributed by atoms with E-state index in [0.717, 1.165) is 5.56 Å². The molecule has 0 aliphatic carbocycles. The molecule has 0 spiro atoms. The molecule has 2 N–H and O–H groups in total. The summed E-state index contributed by atoms with van der Waals surface area (Å²) in [4.78, 5) is 14.8. The molecule has 1 fully saturated rings. The highest BCUT2D eigenvalue weighted by Gasteiger charge is 2.46. The van der Waals surface area contributed by atoms with Crippen molar-refractivity contribution in [1.29, 1.82) is 0 Å². The lowest BCUT2D eigenvalue weighted by atomic mass is 10.1. The number of carbonyl (C=O) groups is 1. The van der Waals surface area contributed by atoms with E-state index in [2.05, 4.69) is 10.1 Å². The molecule has 1 aliphatic rings. The molecule has 208 valence electrons. The maximum Gasteiger partial charge on any atom is 0.573 e. The number of benzene rings is 3. The molecule has 0 saturated carbocycles. The van der Waals surface area contributed by atoms with Crippen molar-refractivity contribution in [3.8, 4) is 5.75 Å². The van der Waals surface area contributed by atoms with Crippen LogP contribution in [0.25, 0.3) is 0 Å². The highest BCUT2D eigenvalue weighted by molar-refractivity contribution is 5.89. The molecule has 8 nitrogen and oxygen atoms in total. The van der Waals surface area contributed by atoms with Crippen LogP contribution in [-0.2, 0) is 27.4 Å². The van der Waals surface area contributed by atoms with E-state index >= 15 is 0 Å². The van der Waals surface area contributed by atoms with Crippen molar-refractivity contribution >= 4 is 11.7 Å². The highest BCUT2D eigenvalue weighted by atomic mass is 19.4. The molecule has 0 bridgehead atoms. The number of aliphatic hydroxyl groups is 1. The SMILES string of the molecule is COC1O[C@H](CN(Cc2ccc(OC(F)(F)F)cc2)C(=O)Nc2ccccc2)[C@H](OCc2ccccc2)[C@H]1O. The van der Waals surface area contributed by atoms with Crippen molar-refractivity contribution in [2.75, 3.05) is 19.0 Å². The molecule has 3 aromatic rings. The Labute approximate surface area is 223 Å². The topological polar surface area (TPSA) is 89.5 Å². The quantitative estimate of drug-likeness (QED) is 0.375. The lowest BCUT2D eigenvalue weighted by Gasteiger charge is -2.29. The summed E-state index contributed by atoms with van der Waals surface area (Å²) < 4.78 is 58.8. The van der Waals surface area contributed by atoms with E-state index in [1.165, 1.54) is 36.3 Å². The molecule has 0 radical (unpaired) electrons. The second-order valence-corrected chi connectivity index (χ2v) is 8.90. The van der Waals surface area contributed by atoms with Crippen LogP contribution in [0.2, 0.25) is 0 Å². The fraction of sp³-hybridized carbons (Fsp3) is 0.321. The number of nitrogens with one attached hydrogen (secondary N) is 1. The van der Waals surface area contributed by atoms with Gasteiger partial charge < -0.3 is 34.3 Å². The number of urea groups is 1. The number of hydrogen-bond donors (Lipinski definition) is 2. The number of alkyl halides is 3. The maximum atomic E-state index is 13.3. The number of aliphatic hydroxyl groups excluding tert-OH is 1. The third-order valence-corrected chi connectivity index (χ3v) is 6.05. The summed E-state index contributed by atoms with van der Waals surface area (Å²) in [7, 11) is 1.40. The number of amides is 2. The predicted octanol–water partition coefficient (Wildman–Crippen LogP) is 4.94. The van der Waals surface area contributed by atoms with Gasteiger partial charge in [0.05, 0.1) is 13.2 Å². The predicted molar refractivity (Wildman–Crippen MR) is 136 cm³/mol. The first-order valence-corrected chi connectivity index (χ1v) is 12.2. The normalized spacial score (nSPS) is 20.9. The Morgan fingerprint density at radius 2 is 1.62 bits per heavy atom. The zero-order valence-electron chi connectivity index (χ0n) is 21.1. The molecular formula is C28H29F3N2O6. The highest BCUT2D eigenvalue weighted by Crippen LogP contribution is 2.28. The van der Waals surface area contributed by atoms with Crippen molar-refractivity contribution in [1.82, 2.24) is 4.90 Å². The lowest BCUT2D eigenvalue weighted by molar-refractivity contribution is -0.274. The van der Waals surface area contributed by atoms with E-state index in [9.17, 15) is 23.1 Å². The fourth-order valence-electron chi connectivity index (χ4n) is 4.20. The number of para-hydroxylation sites is 1. The molecule has 1 heterocycles. The van der Waals surface area contributed by atoms with Crippen LogP contribution in [0.15, 0.2) is 84.9 Å². The Morgan fingerprint density at radius 3 is 2.23 bits per heavy atom. The minimum Gasteiger partial charge on any atom is -0.406 e. The van der Waals surface area contributed by atoms with Gasteiger partial charge in [-0.25, -0.2) is 4.79 Å². The van der Waals surface area contributed by atoms with Gasteiger partial charge in [0.1, 0.15) is 24.1 Å². The second-order valence-electron chi connectivity index (χ2n) is 8.90. The Kier molecular flexibility index (Phi) is 9.41. The Balaban J connectivity index is 1.52. The van der Waals surface area contributed by atoms with Gasteiger partial charge in [0.25, 0.3) is 0 Å². The molecule has 1 saturated heterocycles. The summed E-state index contributed by atoms with van der Waals surface area (Å²) in [6, 6.07) is 23.0. The minimum atomic E-state index is -4.81. The molecule has 1 aliphatic heterocycles. The van der Waals surface area contributed by atoms with Crippen LogP contribution in [0.4, 0.5) is 23.7 Å². The largest absolute Gasteiger partial charge is 0.573 e. The summed E-state index contributed by atoms with van der Waals surface area (Å²) >= 11 is 0. The van der Waals surface area contributed by atoms with Crippen LogP contribution in [-0.4, -0.2) is 60.7 Å². The lowest BCUT2D eigenvalue weighted by Crippen LogP contribution is -2.45. The summed E-state index contributed by atoms with van der Waals surface area (Å²) in [5.74, 6) is -0.369. The third-order valence-electron chi connectivity index (χ3n) is 6.05. The van der Waals surface area contributed by atoms with Gasteiger partial charge in [-0.15, -0.1) is 13.2 Å². The number of halogens is 3. The number of rotatable bonds is 10.